The summed E-state index contributed by atoms with van der Waals surface area (Å²) in [6.07, 6.45) is 3.11. The first-order chi connectivity index (χ1) is 20.9. The van der Waals surface area contributed by atoms with Gasteiger partial charge in [-0.05, 0) is 109 Å². The highest BCUT2D eigenvalue weighted by Gasteiger charge is 2.23. The number of benzene rings is 4. The Hall–Kier alpha value is -4.77. The Morgan fingerprint density at radius 3 is 2.35 bits per heavy atom. The summed E-state index contributed by atoms with van der Waals surface area (Å²) in [5.74, 6) is 0.795. The summed E-state index contributed by atoms with van der Waals surface area (Å²) in [6, 6.07) is 21.9. The Bertz CT molecular complexity index is 1980. The molecule has 0 aliphatic carbocycles. The third kappa shape index (κ3) is 4.79. The van der Waals surface area contributed by atoms with Crippen LogP contribution in [0.3, 0.4) is 0 Å². The normalized spacial score (nSPS) is 14.7. The molecule has 7 nitrogen and oxygen atoms in total. The van der Waals surface area contributed by atoms with E-state index >= 15 is 0 Å². The van der Waals surface area contributed by atoms with Gasteiger partial charge in [0.05, 0.1) is 23.6 Å². The van der Waals surface area contributed by atoms with E-state index in [0.29, 0.717) is 40.3 Å². The van der Waals surface area contributed by atoms with Crippen LogP contribution in [0.2, 0.25) is 0 Å². The van der Waals surface area contributed by atoms with E-state index < -0.39 is 0 Å². The van der Waals surface area contributed by atoms with Crippen molar-refractivity contribution in [1.29, 1.82) is 5.26 Å². The van der Waals surface area contributed by atoms with Crippen LogP contribution in [0.25, 0.3) is 33.7 Å². The summed E-state index contributed by atoms with van der Waals surface area (Å²) in [5, 5.41) is 30.0. The molecule has 1 fully saturated rings. The molecule has 7 heteroatoms. The van der Waals surface area contributed by atoms with Gasteiger partial charge in [0.1, 0.15) is 17.3 Å². The number of aliphatic hydroxyl groups excluding tert-OH is 1. The average molecular weight is 569 g/mol. The summed E-state index contributed by atoms with van der Waals surface area (Å²) in [6.45, 7) is 6.94. The van der Waals surface area contributed by atoms with E-state index in [1.165, 1.54) is 12.8 Å². The standard InChI is InChI=1S/C36H32N4O3/c1-21-27(28-8-6-10-30(22(28)2)36-39-33-14-23(20-41)13-25(18-37)35(33)43-36)7-5-9-29(21)32-15-24-17-34(42)26(16-31(24)38-32)19-40-11-3-4-12-40/h5-10,13-14,16-17,41-42H,3-4,11-12,15,19-20H2,1-2H3. The number of aromatic nitrogens is 1. The van der Waals surface area contributed by atoms with Crippen molar-refractivity contribution in [1.82, 2.24) is 9.88 Å². The fraction of sp³-hybridized carbons (Fsp3) is 0.250. The molecule has 0 amide bonds. The Balaban J connectivity index is 1.24. The highest BCUT2D eigenvalue weighted by atomic mass is 16.3. The van der Waals surface area contributed by atoms with Gasteiger partial charge in [-0.2, -0.15) is 5.26 Å². The first-order valence-corrected chi connectivity index (χ1v) is 14.7. The van der Waals surface area contributed by atoms with Gasteiger partial charge >= 0.3 is 0 Å². The van der Waals surface area contributed by atoms with Gasteiger partial charge in [-0.25, -0.2) is 4.98 Å². The number of aliphatic hydroxyl groups is 1. The minimum absolute atomic E-state index is 0.172. The fourth-order valence-electron chi connectivity index (χ4n) is 6.52. The number of rotatable bonds is 6. The van der Waals surface area contributed by atoms with Crippen molar-refractivity contribution in [2.75, 3.05) is 13.1 Å². The average Bonchev–Trinajstić information content (AvgIpc) is 3.77. The molecular weight excluding hydrogens is 536 g/mol. The number of nitriles is 1. The number of oxazole rings is 1. The van der Waals surface area contributed by atoms with Crippen molar-refractivity contribution < 1.29 is 14.6 Å². The van der Waals surface area contributed by atoms with Gasteiger partial charge in [-0.3, -0.25) is 9.89 Å². The Kier molecular flexibility index (Phi) is 6.81. The zero-order valence-electron chi connectivity index (χ0n) is 24.3. The van der Waals surface area contributed by atoms with Crippen LogP contribution in [-0.4, -0.2) is 38.9 Å². The van der Waals surface area contributed by atoms with Crippen molar-refractivity contribution >= 4 is 22.5 Å². The molecule has 43 heavy (non-hydrogen) atoms. The van der Waals surface area contributed by atoms with Crippen molar-refractivity contribution in [2.45, 2.75) is 46.3 Å². The largest absolute Gasteiger partial charge is 0.508 e. The van der Waals surface area contributed by atoms with Gasteiger partial charge in [-0.1, -0.05) is 30.3 Å². The third-order valence-electron chi connectivity index (χ3n) is 8.84. The molecule has 214 valence electrons. The van der Waals surface area contributed by atoms with E-state index in [1.54, 1.807) is 12.1 Å². The number of fused-ring (bicyclic) bond motifs is 2. The molecular formula is C36H32N4O3. The molecule has 7 rings (SSSR count). The lowest BCUT2D eigenvalue weighted by Crippen LogP contribution is -2.18. The maximum absolute atomic E-state index is 10.8. The number of hydrogen-bond donors (Lipinski definition) is 2. The van der Waals surface area contributed by atoms with Crippen LogP contribution in [0.1, 0.15) is 51.8 Å². The maximum Gasteiger partial charge on any atom is 0.227 e. The molecule has 0 radical (unpaired) electrons. The number of phenols is 1. The predicted molar refractivity (Wildman–Crippen MR) is 168 cm³/mol. The monoisotopic (exact) mass is 568 g/mol. The van der Waals surface area contributed by atoms with Crippen molar-refractivity contribution in [3.8, 4) is 34.4 Å². The quantitative estimate of drug-likeness (QED) is 0.226. The number of hydrogen-bond acceptors (Lipinski definition) is 7. The third-order valence-corrected chi connectivity index (χ3v) is 8.84. The number of phenolic OH excluding ortho intramolecular Hbond substituents is 1. The van der Waals surface area contributed by atoms with Gasteiger partial charge < -0.3 is 14.6 Å². The molecule has 3 heterocycles. The minimum Gasteiger partial charge on any atom is -0.508 e. The summed E-state index contributed by atoms with van der Waals surface area (Å²) in [4.78, 5) is 12.1. The van der Waals surface area contributed by atoms with Crippen LogP contribution in [0, 0.1) is 25.2 Å². The zero-order chi connectivity index (χ0) is 29.7. The lowest BCUT2D eigenvalue weighted by atomic mass is 9.89. The van der Waals surface area contributed by atoms with Crippen LogP contribution in [-0.2, 0) is 19.6 Å². The van der Waals surface area contributed by atoms with Crippen LogP contribution in [0.5, 0.6) is 5.75 Å². The smallest absolute Gasteiger partial charge is 0.227 e. The van der Waals surface area contributed by atoms with Gasteiger partial charge in [0.15, 0.2) is 5.58 Å². The molecule has 5 aromatic rings. The van der Waals surface area contributed by atoms with Crippen molar-refractivity contribution in [3.63, 3.8) is 0 Å². The lowest BCUT2D eigenvalue weighted by Gasteiger charge is -2.16. The molecule has 4 aromatic carbocycles. The molecule has 0 unspecified atom stereocenters. The highest BCUT2D eigenvalue weighted by Crippen LogP contribution is 2.39. The van der Waals surface area contributed by atoms with Crippen molar-refractivity contribution in [3.05, 3.63) is 99.6 Å². The zero-order valence-corrected chi connectivity index (χ0v) is 24.3. The van der Waals surface area contributed by atoms with Crippen LogP contribution in [0.15, 0.2) is 70.1 Å². The minimum atomic E-state index is -0.172. The molecule has 0 atom stereocenters. The molecule has 2 aliphatic rings. The first-order valence-electron chi connectivity index (χ1n) is 14.7. The van der Waals surface area contributed by atoms with Gasteiger partial charge in [0.25, 0.3) is 0 Å². The van der Waals surface area contributed by atoms with E-state index in [1.807, 2.05) is 18.2 Å². The fourth-order valence-corrected chi connectivity index (χ4v) is 6.52. The molecule has 0 bridgehead atoms. The molecule has 2 aliphatic heterocycles. The summed E-state index contributed by atoms with van der Waals surface area (Å²) in [5.41, 5.74) is 12.2. The molecule has 2 N–H and O–H groups in total. The summed E-state index contributed by atoms with van der Waals surface area (Å²) in [7, 11) is 0. The van der Waals surface area contributed by atoms with Crippen molar-refractivity contribution in [2.24, 2.45) is 4.99 Å². The summed E-state index contributed by atoms with van der Waals surface area (Å²) >= 11 is 0. The SMILES string of the molecule is Cc1c(C2=Nc3cc(CN4CCCC4)c(O)cc3C2)cccc1-c1cccc(-c2nc3cc(CO)cc(C#N)c3o2)c1C. The van der Waals surface area contributed by atoms with E-state index in [4.69, 9.17) is 14.4 Å². The Morgan fingerprint density at radius 1 is 0.930 bits per heavy atom. The van der Waals surface area contributed by atoms with Gasteiger partial charge in [0, 0.05) is 24.1 Å². The van der Waals surface area contributed by atoms with Crippen LogP contribution >= 0.6 is 0 Å². The first kappa shape index (κ1) is 27.1. The lowest BCUT2D eigenvalue weighted by molar-refractivity contribution is 0.282. The van der Waals surface area contributed by atoms with Gasteiger partial charge in [0.2, 0.25) is 5.89 Å². The second-order valence-electron chi connectivity index (χ2n) is 11.6. The number of aliphatic imine (C=N–C) groups is 1. The van der Waals surface area contributed by atoms with E-state index in [9.17, 15) is 15.5 Å². The number of likely N-dealkylation sites (tertiary alicyclic amines) is 1. The topological polar surface area (TPSA) is 106 Å². The van der Waals surface area contributed by atoms with E-state index in [2.05, 4.69) is 55.1 Å². The van der Waals surface area contributed by atoms with Crippen LogP contribution in [0.4, 0.5) is 5.69 Å². The maximum atomic E-state index is 10.8. The predicted octanol–water partition coefficient (Wildman–Crippen LogP) is 7.12. The number of aromatic hydroxyl groups is 1. The highest BCUT2D eigenvalue weighted by molar-refractivity contribution is 6.08. The van der Waals surface area contributed by atoms with Crippen LogP contribution < -0.4 is 0 Å². The molecule has 1 saturated heterocycles. The molecule has 1 aromatic heterocycles. The Labute approximate surface area is 250 Å². The second-order valence-corrected chi connectivity index (χ2v) is 11.6. The second kappa shape index (κ2) is 10.8. The Morgan fingerprint density at radius 2 is 1.63 bits per heavy atom. The molecule has 0 saturated carbocycles. The van der Waals surface area contributed by atoms with E-state index in [0.717, 1.165) is 75.5 Å². The van der Waals surface area contributed by atoms with Gasteiger partial charge in [-0.15, -0.1) is 0 Å². The molecule has 0 spiro atoms. The van der Waals surface area contributed by atoms with E-state index in [-0.39, 0.29) is 6.61 Å². The summed E-state index contributed by atoms with van der Waals surface area (Å²) < 4.78 is 6.12. The number of nitrogens with zero attached hydrogens (tertiary/aromatic N) is 4.